The molecule has 0 amide bonds. The Morgan fingerprint density at radius 3 is 2.27 bits per heavy atom. The largest absolute Gasteiger partial charge is 0.493 e. The molecule has 0 aliphatic rings. The quantitative estimate of drug-likeness (QED) is 0.798. The van der Waals surface area contributed by atoms with E-state index in [4.69, 9.17) is 19.9 Å². The molecule has 1 rings (SSSR count). The lowest BCUT2D eigenvalue weighted by atomic mass is 10.1. The first-order valence-electron chi connectivity index (χ1n) is 4.71. The van der Waals surface area contributed by atoms with Crippen molar-refractivity contribution in [2.24, 2.45) is 5.73 Å². The van der Waals surface area contributed by atoms with Crippen LogP contribution in [0.5, 0.6) is 11.5 Å². The van der Waals surface area contributed by atoms with Gasteiger partial charge >= 0.3 is 0 Å². The topological polar surface area (TPSA) is 53.7 Å². The molecule has 0 radical (unpaired) electrons. The van der Waals surface area contributed by atoms with Crippen LogP contribution in [-0.2, 0) is 4.74 Å². The number of rotatable bonds is 5. The summed E-state index contributed by atoms with van der Waals surface area (Å²) in [5.74, 6) is 1.39. The van der Waals surface area contributed by atoms with E-state index in [1.165, 1.54) is 0 Å². The highest BCUT2D eigenvalue weighted by Gasteiger charge is 2.11. The molecule has 0 heterocycles. The molecule has 0 aliphatic carbocycles. The molecule has 1 aromatic carbocycles. The zero-order chi connectivity index (χ0) is 11.3. The van der Waals surface area contributed by atoms with Gasteiger partial charge in [-0.2, -0.15) is 0 Å². The van der Waals surface area contributed by atoms with Gasteiger partial charge in [0.2, 0.25) is 0 Å². The van der Waals surface area contributed by atoms with Crippen molar-refractivity contribution in [1.82, 2.24) is 0 Å². The second-order valence-corrected chi connectivity index (χ2v) is 3.07. The summed E-state index contributed by atoms with van der Waals surface area (Å²) in [6.07, 6.45) is -0.107. The first kappa shape index (κ1) is 11.8. The maximum Gasteiger partial charge on any atom is 0.161 e. The van der Waals surface area contributed by atoms with E-state index < -0.39 is 0 Å². The van der Waals surface area contributed by atoms with Gasteiger partial charge in [0.25, 0.3) is 0 Å². The van der Waals surface area contributed by atoms with E-state index in [0.717, 1.165) is 5.56 Å². The maximum absolute atomic E-state index is 5.58. The van der Waals surface area contributed by atoms with E-state index in [2.05, 4.69) is 0 Å². The summed E-state index contributed by atoms with van der Waals surface area (Å²) in [7, 11) is 4.84. The van der Waals surface area contributed by atoms with Crippen LogP contribution in [0.25, 0.3) is 0 Å². The van der Waals surface area contributed by atoms with Gasteiger partial charge in [-0.1, -0.05) is 6.07 Å². The van der Waals surface area contributed by atoms with Gasteiger partial charge in [-0.15, -0.1) is 0 Å². The predicted octanol–water partition coefficient (Wildman–Crippen LogP) is 1.35. The Morgan fingerprint density at radius 2 is 1.80 bits per heavy atom. The summed E-state index contributed by atoms with van der Waals surface area (Å²) in [6.45, 7) is 0.436. The Balaban J connectivity index is 3.01. The Kier molecular flexibility index (Phi) is 4.39. The molecule has 0 spiro atoms. The molecule has 0 bridgehead atoms. The minimum Gasteiger partial charge on any atom is -0.493 e. The van der Waals surface area contributed by atoms with Crippen molar-refractivity contribution in [1.29, 1.82) is 0 Å². The first-order valence-corrected chi connectivity index (χ1v) is 4.71. The Hall–Kier alpha value is -1.26. The standard InChI is InChI=1S/C11H17NO3/c1-13-9-5-4-8(6-10(9)14-2)11(7-12)15-3/h4-6,11H,7,12H2,1-3H3/t11-/m1/s1. The summed E-state index contributed by atoms with van der Waals surface area (Å²) >= 11 is 0. The minimum atomic E-state index is -0.107. The smallest absolute Gasteiger partial charge is 0.161 e. The van der Waals surface area contributed by atoms with Crippen LogP contribution in [0.15, 0.2) is 18.2 Å². The molecule has 4 heteroatoms. The van der Waals surface area contributed by atoms with Gasteiger partial charge in [0.15, 0.2) is 11.5 Å². The van der Waals surface area contributed by atoms with Crippen molar-refractivity contribution < 1.29 is 14.2 Å². The molecule has 1 atom stereocenters. The van der Waals surface area contributed by atoms with Crippen LogP contribution in [-0.4, -0.2) is 27.9 Å². The predicted molar refractivity (Wildman–Crippen MR) is 58.4 cm³/mol. The van der Waals surface area contributed by atoms with E-state index in [1.807, 2.05) is 18.2 Å². The molecule has 15 heavy (non-hydrogen) atoms. The molecule has 2 N–H and O–H groups in total. The van der Waals surface area contributed by atoms with Crippen molar-refractivity contribution in [3.63, 3.8) is 0 Å². The van der Waals surface area contributed by atoms with Crippen LogP contribution in [0, 0.1) is 0 Å². The van der Waals surface area contributed by atoms with Crippen LogP contribution < -0.4 is 15.2 Å². The highest BCUT2D eigenvalue weighted by Crippen LogP contribution is 2.30. The number of nitrogens with two attached hydrogens (primary N) is 1. The summed E-state index contributed by atoms with van der Waals surface area (Å²) in [5, 5.41) is 0. The summed E-state index contributed by atoms with van der Waals surface area (Å²) < 4.78 is 15.6. The van der Waals surface area contributed by atoms with Crippen molar-refractivity contribution in [3.05, 3.63) is 23.8 Å². The van der Waals surface area contributed by atoms with Gasteiger partial charge in [0.05, 0.1) is 20.3 Å². The van der Waals surface area contributed by atoms with E-state index in [9.17, 15) is 0 Å². The van der Waals surface area contributed by atoms with Crippen LogP contribution >= 0.6 is 0 Å². The molecule has 4 nitrogen and oxygen atoms in total. The van der Waals surface area contributed by atoms with Gasteiger partial charge in [0, 0.05) is 13.7 Å². The third-order valence-electron chi connectivity index (χ3n) is 2.28. The average Bonchev–Trinajstić information content (AvgIpc) is 2.30. The maximum atomic E-state index is 5.58. The molecule has 0 fully saturated rings. The van der Waals surface area contributed by atoms with E-state index in [1.54, 1.807) is 21.3 Å². The zero-order valence-electron chi connectivity index (χ0n) is 9.32. The minimum absolute atomic E-state index is 0.107. The molecule has 0 aromatic heterocycles. The monoisotopic (exact) mass is 211 g/mol. The molecular weight excluding hydrogens is 194 g/mol. The van der Waals surface area contributed by atoms with Gasteiger partial charge in [-0.05, 0) is 17.7 Å². The zero-order valence-corrected chi connectivity index (χ0v) is 9.32. The number of hydrogen-bond acceptors (Lipinski definition) is 4. The van der Waals surface area contributed by atoms with Crippen LogP contribution in [0.1, 0.15) is 11.7 Å². The molecule has 0 saturated heterocycles. The highest BCUT2D eigenvalue weighted by molar-refractivity contribution is 5.43. The van der Waals surface area contributed by atoms with Crippen molar-refractivity contribution in [2.75, 3.05) is 27.9 Å². The van der Waals surface area contributed by atoms with Crippen LogP contribution in [0.4, 0.5) is 0 Å². The van der Waals surface area contributed by atoms with Crippen molar-refractivity contribution in [3.8, 4) is 11.5 Å². The third kappa shape index (κ3) is 2.61. The Labute approximate surface area is 89.9 Å². The summed E-state index contributed by atoms with van der Waals surface area (Å²) in [4.78, 5) is 0. The van der Waals surface area contributed by atoms with Crippen molar-refractivity contribution in [2.45, 2.75) is 6.10 Å². The van der Waals surface area contributed by atoms with E-state index >= 15 is 0 Å². The number of ether oxygens (including phenoxy) is 3. The summed E-state index contributed by atoms with van der Waals surface area (Å²) in [5.41, 5.74) is 6.56. The second-order valence-electron chi connectivity index (χ2n) is 3.07. The second kappa shape index (κ2) is 5.58. The van der Waals surface area contributed by atoms with Gasteiger partial charge in [0.1, 0.15) is 0 Å². The van der Waals surface area contributed by atoms with Crippen molar-refractivity contribution >= 4 is 0 Å². The molecule has 0 saturated carbocycles. The fourth-order valence-corrected chi connectivity index (χ4v) is 1.42. The molecule has 1 aromatic rings. The summed E-state index contributed by atoms with van der Waals surface area (Å²) in [6, 6.07) is 5.64. The van der Waals surface area contributed by atoms with Gasteiger partial charge in [-0.25, -0.2) is 0 Å². The van der Waals surface area contributed by atoms with E-state index in [0.29, 0.717) is 18.0 Å². The van der Waals surface area contributed by atoms with E-state index in [-0.39, 0.29) is 6.10 Å². The lowest BCUT2D eigenvalue weighted by molar-refractivity contribution is 0.110. The number of hydrogen-bond donors (Lipinski definition) is 1. The number of methoxy groups -OCH3 is 3. The average molecular weight is 211 g/mol. The molecule has 0 aliphatic heterocycles. The fraction of sp³-hybridized carbons (Fsp3) is 0.455. The third-order valence-corrected chi connectivity index (χ3v) is 2.28. The molecule has 0 unspecified atom stereocenters. The lowest BCUT2D eigenvalue weighted by Crippen LogP contribution is -2.14. The Bertz CT molecular complexity index is 311. The van der Waals surface area contributed by atoms with Gasteiger partial charge in [-0.3, -0.25) is 0 Å². The number of benzene rings is 1. The van der Waals surface area contributed by atoms with Crippen LogP contribution in [0.2, 0.25) is 0 Å². The Morgan fingerprint density at radius 1 is 1.13 bits per heavy atom. The first-order chi connectivity index (χ1) is 7.26. The van der Waals surface area contributed by atoms with Crippen LogP contribution in [0.3, 0.4) is 0 Å². The molecule has 84 valence electrons. The SMILES string of the molecule is COc1ccc([C@@H](CN)OC)cc1OC. The lowest BCUT2D eigenvalue weighted by Gasteiger charge is -2.15. The normalized spacial score (nSPS) is 12.3. The molecular formula is C11H17NO3. The fourth-order valence-electron chi connectivity index (χ4n) is 1.42. The van der Waals surface area contributed by atoms with Gasteiger partial charge < -0.3 is 19.9 Å². The highest BCUT2D eigenvalue weighted by atomic mass is 16.5.